The second-order valence-corrected chi connectivity index (χ2v) is 31.6. The number of aryl methyl sites for hydroxylation is 6. The lowest BCUT2D eigenvalue weighted by molar-refractivity contribution is -0.144. The molecule has 19 nitrogen and oxygen atoms in total. The number of halogens is 1. The molecular weight excluding hydrogens is 1460 g/mol. The van der Waals surface area contributed by atoms with Crippen LogP contribution in [0.25, 0.3) is 10.4 Å². The summed E-state index contributed by atoms with van der Waals surface area (Å²) in [5.41, 5.74) is 12.9. The number of carbonyl (C=O) groups excluding carboxylic acids is 2. The van der Waals surface area contributed by atoms with E-state index in [2.05, 4.69) is 65.0 Å². The minimum Gasteiger partial charge on any atom is -0.494 e. The molecule has 0 saturated carbocycles. The zero-order valence-electron chi connectivity index (χ0n) is 61.3. The van der Waals surface area contributed by atoms with Gasteiger partial charge in [0.15, 0.2) is 50.2 Å². The van der Waals surface area contributed by atoms with Gasteiger partial charge in [0.1, 0.15) is 28.1 Å². The third-order valence-electron chi connectivity index (χ3n) is 19.8. The number of rotatable bonds is 28. The second kappa shape index (κ2) is 36.6. The van der Waals surface area contributed by atoms with E-state index in [0.29, 0.717) is 94.6 Å². The van der Waals surface area contributed by atoms with Crippen LogP contribution in [-0.4, -0.2) is 123 Å². The summed E-state index contributed by atoms with van der Waals surface area (Å²) in [5.74, 6) is 0.243. The largest absolute Gasteiger partial charge is 0.494 e. The SMILES string of the molecule is C.CCCOc1ccc([C@H]2[C@H](C(=O)O)[C@@H](c3ccc4c(c3)OCO4)CN2CC(=O)Cc2c(CC)cccc2CC)cc1.Cc1ccc(-c2ccc(S(=O)(=O)Cc3onc(C)c3Br)s2)cc1.Cc1cccc(C)c1CC(=O)CN1C[C@H](c2ccc3c(c2)OCO3)[C@@H](C(=O)O)[C@@H]1c1ccc(OCCOC(C)C)cc1. The van der Waals surface area contributed by atoms with Crippen molar-refractivity contribution in [1.29, 1.82) is 0 Å². The van der Waals surface area contributed by atoms with Gasteiger partial charge in [-0.3, -0.25) is 29.0 Å². The fourth-order valence-electron chi connectivity index (χ4n) is 14.5. The molecule has 2 saturated heterocycles. The first-order chi connectivity index (χ1) is 51.0. The highest BCUT2D eigenvalue weighted by Gasteiger charge is 2.50. The third-order valence-corrected chi connectivity index (χ3v) is 24.2. The number of aromatic nitrogens is 1. The molecule has 6 atom stereocenters. The van der Waals surface area contributed by atoms with Crippen LogP contribution in [0.2, 0.25) is 0 Å². The maximum atomic E-state index is 13.7. The van der Waals surface area contributed by atoms with Crippen molar-refractivity contribution >= 4 is 60.6 Å². The van der Waals surface area contributed by atoms with Gasteiger partial charge in [-0.05, 0) is 199 Å². The number of hydrogen-bond acceptors (Lipinski definition) is 18. The molecule has 0 amide bonds. The van der Waals surface area contributed by atoms with Crippen LogP contribution < -0.4 is 28.4 Å². The van der Waals surface area contributed by atoms with Gasteiger partial charge in [0.05, 0.1) is 54.4 Å². The van der Waals surface area contributed by atoms with Crippen LogP contribution in [0.1, 0.15) is 145 Å². The van der Waals surface area contributed by atoms with Crippen LogP contribution in [0, 0.1) is 39.5 Å². The minimum absolute atomic E-state index is 0. The summed E-state index contributed by atoms with van der Waals surface area (Å²) < 4.78 is 70.5. The predicted molar refractivity (Wildman–Crippen MR) is 416 cm³/mol. The fourth-order valence-corrected chi connectivity index (χ4v) is 17.6. The van der Waals surface area contributed by atoms with E-state index in [0.717, 1.165) is 80.0 Å². The molecule has 0 unspecified atom stereocenters. The normalized spacial score (nSPS) is 17.9. The van der Waals surface area contributed by atoms with E-state index in [1.807, 2.05) is 173 Å². The van der Waals surface area contributed by atoms with Gasteiger partial charge < -0.3 is 47.9 Å². The van der Waals surface area contributed by atoms with Crippen molar-refractivity contribution in [3.63, 3.8) is 0 Å². The Kier molecular flexibility index (Phi) is 27.5. The predicted octanol–water partition coefficient (Wildman–Crippen LogP) is 16.9. The Morgan fingerprint density at radius 2 is 1.07 bits per heavy atom. The Balaban J connectivity index is 0.000000178. The Bertz CT molecular complexity index is 4630. The summed E-state index contributed by atoms with van der Waals surface area (Å²) in [6.45, 7) is 21.0. The van der Waals surface area contributed by atoms with Crippen molar-refractivity contribution in [3.8, 4) is 44.9 Å². The van der Waals surface area contributed by atoms with Gasteiger partial charge in [-0.2, -0.15) is 0 Å². The standard InChI is InChI=1S/C34H39NO7.C34H39NO6.C16H14BrNO3S2.CH4/c1-21(2)39-14-15-40-27-11-8-24(9-12-27)33-32(34(37)38)29(25-10-13-30-31(16-25)42-20-41-30)19-35(33)18-26(36)17-28-22(3)6-5-7-23(28)4;1-4-16-39-27-13-10-24(11-14-27)33-32(34(37)38)29(25-12-15-30-31(17-25)41-21-40-30)20-35(33)19-26(36)18-28-22(5-2)8-7-9-23(28)6-3;1-10-3-5-12(6-4-10)14-7-8-15(22-14)23(19,20)9-13-16(17)11(2)18-21-13;/h5-13,16,21,29,32-33H,14-15,17-20H2,1-4H3,(H,37,38);7-15,17,29,32-33H,4-6,16,18-21H2,1-3H3,(H,37,38);3-8H,9H2,1-2H3;1H4/t2*29-,32-,33+;;/m11../s1. The van der Waals surface area contributed by atoms with Crippen LogP contribution in [0.5, 0.6) is 34.5 Å². The van der Waals surface area contributed by atoms with Crippen LogP contribution in [0.15, 0.2) is 171 Å². The van der Waals surface area contributed by atoms with Crippen LogP contribution in [-0.2, 0) is 65.2 Å². The lowest BCUT2D eigenvalue weighted by atomic mass is 9.82. The Morgan fingerprint density at radius 3 is 1.53 bits per heavy atom. The molecule has 7 aromatic carbocycles. The number of hydrogen-bond donors (Lipinski definition) is 2. The second-order valence-electron chi connectivity index (χ2n) is 27.5. The number of ether oxygens (including phenoxy) is 7. The average Bonchev–Trinajstić information content (AvgIpc) is 1.62. The lowest BCUT2D eigenvalue weighted by Gasteiger charge is -2.27. The van der Waals surface area contributed by atoms with Crippen molar-refractivity contribution in [1.82, 2.24) is 15.0 Å². The maximum Gasteiger partial charge on any atom is 0.309 e. The summed E-state index contributed by atoms with van der Waals surface area (Å²) in [5, 5.41) is 24.9. The molecule has 107 heavy (non-hydrogen) atoms. The van der Waals surface area contributed by atoms with Crippen LogP contribution in [0.4, 0.5) is 0 Å². The number of likely N-dealkylation sites (tertiary alicyclic amines) is 2. The van der Waals surface area contributed by atoms with Gasteiger partial charge in [0.2, 0.25) is 13.6 Å². The fraction of sp³-hybridized carbons (Fsp3) is 0.376. The molecule has 0 bridgehead atoms. The molecular formula is C85H96BrN3O16S2. The molecule has 6 heterocycles. The first-order valence-corrected chi connectivity index (χ1v) is 39.3. The summed E-state index contributed by atoms with van der Waals surface area (Å²) in [4.78, 5) is 58.0. The first-order valence-electron chi connectivity index (χ1n) is 36.0. The van der Waals surface area contributed by atoms with Gasteiger partial charge >= 0.3 is 11.9 Å². The van der Waals surface area contributed by atoms with Crippen molar-refractivity contribution in [2.24, 2.45) is 11.8 Å². The Labute approximate surface area is 640 Å². The van der Waals surface area contributed by atoms with E-state index in [-0.39, 0.29) is 69.4 Å². The Morgan fingerprint density at radius 1 is 0.589 bits per heavy atom. The highest BCUT2D eigenvalue weighted by molar-refractivity contribution is 9.10. The van der Waals surface area contributed by atoms with E-state index in [4.69, 9.17) is 37.7 Å². The molecule has 566 valence electrons. The highest BCUT2D eigenvalue weighted by atomic mass is 79.9. The zero-order chi connectivity index (χ0) is 75.3. The molecule has 9 aromatic rings. The van der Waals surface area contributed by atoms with E-state index >= 15 is 0 Å². The molecule has 4 aliphatic heterocycles. The number of Topliss-reactive ketones (excluding diaryl/α,β-unsaturated/α-hetero) is 2. The van der Waals surface area contributed by atoms with Gasteiger partial charge in [0.25, 0.3) is 0 Å². The number of ketones is 2. The van der Waals surface area contributed by atoms with Crippen molar-refractivity contribution < 1.29 is 75.5 Å². The molecule has 2 N–H and O–H groups in total. The number of carbonyl (C=O) groups is 4. The van der Waals surface area contributed by atoms with Crippen molar-refractivity contribution in [2.45, 2.75) is 142 Å². The van der Waals surface area contributed by atoms with Crippen molar-refractivity contribution in [3.05, 3.63) is 235 Å². The smallest absolute Gasteiger partial charge is 0.309 e. The molecule has 2 aromatic heterocycles. The van der Waals surface area contributed by atoms with Gasteiger partial charge in [0, 0.05) is 54.7 Å². The number of aliphatic carboxylic acids is 2. The molecule has 4 aliphatic rings. The lowest BCUT2D eigenvalue weighted by Crippen LogP contribution is -2.33. The number of fused-ring (bicyclic) bond motifs is 2. The van der Waals surface area contributed by atoms with Crippen molar-refractivity contribution in [2.75, 3.05) is 59.6 Å². The summed E-state index contributed by atoms with van der Waals surface area (Å²) in [6, 6.07) is 49.2. The molecule has 0 aliphatic carbocycles. The van der Waals surface area contributed by atoms with E-state index in [1.165, 1.54) is 28.0 Å². The number of nitrogens with zero attached hydrogens (tertiary/aromatic N) is 3. The first kappa shape index (κ1) is 80.4. The van der Waals surface area contributed by atoms with Gasteiger partial charge in [-0.15, -0.1) is 11.3 Å². The number of sulfone groups is 1. The molecule has 22 heteroatoms. The molecule has 13 rings (SSSR count). The quantitative estimate of drug-likeness (QED) is 0.0433. The summed E-state index contributed by atoms with van der Waals surface area (Å²) in [6.07, 6.45) is 3.41. The van der Waals surface area contributed by atoms with Gasteiger partial charge in [-0.1, -0.05) is 136 Å². The zero-order valence-corrected chi connectivity index (χ0v) is 64.5. The van der Waals surface area contributed by atoms with Gasteiger partial charge in [-0.25, -0.2) is 8.42 Å². The number of carboxylic acid groups (broad SMARTS) is 2. The van der Waals surface area contributed by atoms with Crippen LogP contribution >= 0.6 is 27.3 Å². The average molecular weight is 1560 g/mol. The van der Waals surface area contributed by atoms with E-state index < -0.39 is 45.7 Å². The number of benzene rings is 7. The number of thiophene rings is 1. The maximum absolute atomic E-state index is 13.7. The molecule has 0 radical (unpaired) electrons. The summed E-state index contributed by atoms with van der Waals surface area (Å²) >= 11 is 4.57. The minimum atomic E-state index is -3.46. The Hall–Kier alpha value is -9.16. The highest BCUT2D eigenvalue weighted by Crippen LogP contribution is 2.50. The topological polar surface area (TPSA) is 240 Å². The number of carboxylic acids is 2. The van der Waals surface area contributed by atoms with E-state index in [1.54, 1.807) is 13.0 Å². The monoisotopic (exact) mass is 1560 g/mol. The van der Waals surface area contributed by atoms with E-state index in [9.17, 15) is 37.8 Å². The van der Waals surface area contributed by atoms with Crippen LogP contribution in [0.3, 0.4) is 0 Å². The summed E-state index contributed by atoms with van der Waals surface area (Å²) in [7, 11) is -3.46. The molecule has 0 spiro atoms. The molecule has 2 fully saturated rings. The third kappa shape index (κ3) is 19.6.